The number of hydrogen-bond donors (Lipinski definition) is 2. The van der Waals surface area contributed by atoms with Crippen LogP contribution in [-0.2, 0) is 22.4 Å². The van der Waals surface area contributed by atoms with Crippen LogP contribution in [0.15, 0.2) is 36.4 Å². The minimum atomic E-state index is -0.949. The predicted octanol–water partition coefficient (Wildman–Crippen LogP) is 3.42. The number of rotatable bonds is 6. The van der Waals surface area contributed by atoms with Crippen molar-refractivity contribution in [2.24, 2.45) is 0 Å². The van der Waals surface area contributed by atoms with Crippen molar-refractivity contribution < 1.29 is 19.1 Å². The molecule has 3 aromatic rings. The van der Waals surface area contributed by atoms with Crippen LogP contribution in [0.2, 0.25) is 0 Å². The van der Waals surface area contributed by atoms with Gasteiger partial charge in [0.2, 0.25) is 0 Å². The molecule has 12 heteroatoms. The van der Waals surface area contributed by atoms with E-state index >= 15 is 0 Å². The molecular formula is C32H42N8O4. The number of H-pyrrole nitrogens is 1. The van der Waals surface area contributed by atoms with Crippen molar-refractivity contribution in [1.29, 1.82) is 0 Å². The lowest BCUT2D eigenvalue weighted by atomic mass is 10.0. The van der Waals surface area contributed by atoms with Crippen molar-refractivity contribution in [3.8, 4) is 0 Å². The first-order chi connectivity index (χ1) is 21.3. The largest absolute Gasteiger partial charge is 0.436 e. The Morgan fingerprint density at radius 1 is 1.00 bits per heavy atom. The summed E-state index contributed by atoms with van der Waals surface area (Å²) in [5, 5.41) is 14.1. The van der Waals surface area contributed by atoms with Crippen LogP contribution in [-0.4, -0.2) is 118 Å². The molecule has 0 radical (unpaired) electrons. The summed E-state index contributed by atoms with van der Waals surface area (Å²) in [6.07, 6.45) is 2.67. The van der Waals surface area contributed by atoms with Crippen LogP contribution in [0.5, 0.6) is 0 Å². The van der Waals surface area contributed by atoms with E-state index in [2.05, 4.69) is 39.7 Å². The van der Waals surface area contributed by atoms with Crippen LogP contribution < -0.4 is 5.32 Å². The monoisotopic (exact) mass is 602 g/mol. The fourth-order valence-electron chi connectivity index (χ4n) is 6.81. The third-order valence-electron chi connectivity index (χ3n) is 9.42. The second-order valence-electron chi connectivity index (χ2n) is 12.4. The average molecular weight is 603 g/mol. The lowest BCUT2D eigenvalue weighted by molar-refractivity contribution is -0.142. The summed E-state index contributed by atoms with van der Waals surface area (Å²) in [6, 6.07) is 12.1. The maximum Gasteiger partial charge on any atom is 0.410 e. The second kappa shape index (κ2) is 12.8. The molecule has 6 rings (SSSR count). The van der Waals surface area contributed by atoms with E-state index < -0.39 is 12.2 Å². The lowest BCUT2D eigenvalue weighted by Gasteiger charge is -2.38. The summed E-state index contributed by atoms with van der Waals surface area (Å²) in [4.78, 5) is 48.0. The van der Waals surface area contributed by atoms with Gasteiger partial charge < -0.3 is 29.7 Å². The van der Waals surface area contributed by atoms with Crippen LogP contribution >= 0.6 is 0 Å². The minimum absolute atomic E-state index is 0.0287. The van der Waals surface area contributed by atoms with Gasteiger partial charge in [0.05, 0.1) is 0 Å². The molecule has 12 nitrogen and oxygen atoms in total. The summed E-state index contributed by atoms with van der Waals surface area (Å²) in [5.74, 6) is -0.163. The molecule has 1 atom stereocenters. The van der Waals surface area contributed by atoms with Crippen molar-refractivity contribution in [3.05, 3.63) is 53.1 Å². The summed E-state index contributed by atoms with van der Waals surface area (Å²) in [5.41, 5.74) is 5.30. The van der Waals surface area contributed by atoms with E-state index in [1.54, 1.807) is 4.90 Å². The van der Waals surface area contributed by atoms with Crippen molar-refractivity contribution >= 4 is 34.8 Å². The zero-order chi connectivity index (χ0) is 30.8. The molecule has 0 spiro atoms. The standard InChI is InChI=1S/C32H42N8O4/c1-21-18-22(19-27-29(21)35-36-34-27)20-28(30(41)38-13-9-24(10-14-38)37(2)3)44-32(43)39-15-11-25(12-16-39)40-17-8-23-6-4-5-7-26(23)33-31(40)42/h4-7,18-19,24-25,28H,8-17,20H2,1-3H3,(H,33,42)(H,34,35,36)/t28-/m1/s1. The zero-order valence-corrected chi connectivity index (χ0v) is 25.8. The van der Waals surface area contributed by atoms with Crippen LogP contribution in [0.1, 0.15) is 42.4 Å². The SMILES string of the molecule is Cc1cc(C[C@@H](OC(=O)N2CCC(N3CCc4ccccc4NC3=O)CC2)C(=O)N2CCC(N(C)C)CC2)cc2n[nH]nc12. The number of carbonyl (C=O) groups is 3. The van der Waals surface area contributed by atoms with E-state index in [1.165, 1.54) is 0 Å². The molecule has 0 bridgehead atoms. The van der Waals surface area contributed by atoms with Gasteiger partial charge in [-0.15, -0.1) is 0 Å². The number of fused-ring (bicyclic) bond motifs is 2. The van der Waals surface area contributed by atoms with E-state index in [9.17, 15) is 14.4 Å². The number of nitrogens with zero attached hydrogens (tertiary/aromatic N) is 6. The number of likely N-dealkylation sites (tertiary alicyclic amines) is 2. The predicted molar refractivity (Wildman–Crippen MR) is 166 cm³/mol. The number of carbonyl (C=O) groups excluding carboxylic acids is 3. The number of urea groups is 1. The highest BCUT2D eigenvalue weighted by molar-refractivity contribution is 5.91. The average Bonchev–Trinajstić information content (AvgIpc) is 3.44. The fourth-order valence-corrected chi connectivity index (χ4v) is 6.81. The molecule has 2 saturated heterocycles. The molecule has 2 N–H and O–H groups in total. The van der Waals surface area contributed by atoms with Gasteiger partial charge in [0.1, 0.15) is 11.0 Å². The Hall–Kier alpha value is -4.19. The Balaban J connectivity index is 1.11. The number of para-hydroxylation sites is 1. The van der Waals surface area contributed by atoms with Gasteiger partial charge in [-0.3, -0.25) is 4.79 Å². The van der Waals surface area contributed by atoms with Crippen molar-refractivity contribution in [3.63, 3.8) is 0 Å². The molecule has 3 aliphatic heterocycles. The van der Waals surface area contributed by atoms with Crippen molar-refractivity contribution in [2.75, 3.05) is 52.1 Å². The highest BCUT2D eigenvalue weighted by Crippen LogP contribution is 2.26. The Morgan fingerprint density at radius 3 is 2.48 bits per heavy atom. The van der Waals surface area contributed by atoms with Gasteiger partial charge in [-0.2, -0.15) is 15.4 Å². The molecular weight excluding hydrogens is 560 g/mol. The smallest absolute Gasteiger partial charge is 0.410 e. The first-order valence-corrected chi connectivity index (χ1v) is 15.6. The van der Waals surface area contributed by atoms with Gasteiger partial charge in [0, 0.05) is 56.9 Å². The second-order valence-corrected chi connectivity index (χ2v) is 12.4. The van der Waals surface area contributed by atoms with Gasteiger partial charge >= 0.3 is 12.1 Å². The number of piperidine rings is 2. The molecule has 0 unspecified atom stereocenters. The number of nitrogens with one attached hydrogen (secondary N) is 2. The third-order valence-corrected chi connectivity index (χ3v) is 9.42. The quantitative estimate of drug-likeness (QED) is 0.443. The lowest BCUT2D eigenvalue weighted by Crippen LogP contribution is -2.52. The Morgan fingerprint density at radius 2 is 1.73 bits per heavy atom. The number of amides is 4. The first kappa shape index (κ1) is 29.9. The van der Waals surface area contributed by atoms with Gasteiger partial charge in [-0.05, 0) is 81.9 Å². The molecule has 3 aliphatic rings. The van der Waals surface area contributed by atoms with Crippen LogP contribution in [0.3, 0.4) is 0 Å². The van der Waals surface area contributed by atoms with Crippen LogP contribution in [0, 0.1) is 6.92 Å². The zero-order valence-electron chi connectivity index (χ0n) is 25.8. The molecule has 44 heavy (non-hydrogen) atoms. The number of hydrogen-bond acceptors (Lipinski definition) is 7. The third kappa shape index (κ3) is 6.35. The topological polar surface area (TPSA) is 127 Å². The maximum atomic E-state index is 13.8. The number of aromatic amines is 1. The van der Waals surface area contributed by atoms with Crippen molar-refractivity contribution in [2.45, 2.75) is 63.6 Å². The van der Waals surface area contributed by atoms with E-state index in [4.69, 9.17) is 4.74 Å². The summed E-state index contributed by atoms with van der Waals surface area (Å²) < 4.78 is 6.03. The molecule has 0 saturated carbocycles. The van der Waals surface area contributed by atoms with Gasteiger partial charge in [-0.1, -0.05) is 24.3 Å². The molecule has 2 aromatic carbocycles. The Bertz CT molecular complexity index is 1510. The van der Waals surface area contributed by atoms with E-state index in [0.717, 1.165) is 47.2 Å². The number of aromatic nitrogens is 3. The Labute approximate surface area is 257 Å². The van der Waals surface area contributed by atoms with Gasteiger partial charge in [-0.25, -0.2) is 9.59 Å². The molecule has 1 aromatic heterocycles. The fraction of sp³-hybridized carbons (Fsp3) is 0.531. The molecule has 234 valence electrons. The molecule has 4 heterocycles. The normalized spacial score (nSPS) is 19.1. The maximum absolute atomic E-state index is 13.8. The van der Waals surface area contributed by atoms with Crippen LogP contribution in [0.25, 0.3) is 11.0 Å². The van der Waals surface area contributed by atoms with Gasteiger partial charge in [0.25, 0.3) is 5.91 Å². The van der Waals surface area contributed by atoms with E-state index in [1.807, 2.05) is 53.1 Å². The Kier molecular flexibility index (Phi) is 8.69. The number of benzene rings is 2. The van der Waals surface area contributed by atoms with Gasteiger partial charge in [0.15, 0.2) is 6.10 Å². The van der Waals surface area contributed by atoms with Crippen LogP contribution in [0.4, 0.5) is 15.3 Å². The molecule has 0 aliphatic carbocycles. The van der Waals surface area contributed by atoms with E-state index in [-0.39, 0.29) is 24.4 Å². The molecule has 4 amide bonds. The number of ether oxygens (including phenoxy) is 1. The highest BCUT2D eigenvalue weighted by Gasteiger charge is 2.35. The molecule has 2 fully saturated rings. The van der Waals surface area contributed by atoms with E-state index in [0.29, 0.717) is 57.1 Å². The van der Waals surface area contributed by atoms with Crippen molar-refractivity contribution in [1.82, 2.24) is 35.0 Å². The first-order valence-electron chi connectivity index (χ1n) is 15.6. The summed E-state index contributed by atoms with van der Waals surface area (Å²) in [6.45, 7) is 4.76. The summed E-state index contributed by atoms with van der Waals surface area (Å²) in [7, 11) is 4.13. The summed E-state index contributed by atoms with van der Waals surface area (Å²) >= 11 is 0. The number of aryl methyl sites for hydroxylation is 1. The minimum Gasteiger partial charge on any atom is -0.436 e. The highest BCUT2D eigenvalue weighted by atomic mass is 16.6. The number of anilines is 1.